The van der Waals surface area contributed by atoms with Crippen molar-refractivity contribution < 1.29 is 9.90 Å². The summed E-state index contributed by atoms with van der Waals surface area (Å²) in [6.45, 7) is 19.0. The van der Waals surface area contributed by atoms with Crippen molar-refractivity contribution in [2.45, 2.75) is 104 Å². The van der Waals surface area contributed by atoms with Crippen LogP contribution in [-0.2, 0) is 30.3 Å². The van der Waals surface area contributed by atoms with E-state index in [2.05, 4.69) is 84.3 Å². The van der Waals surface area contributed by atoms with Crippen molar-refractivity contribution in [2.24, 2.45) is 4.02 Å². The molecule has 6 nitrogen and oxygen atoms in total. The molecule has 36 heavy (non-hydrogen) atoms. The second kappa shape index (κ2) is 11.7. The summed E-state index contributed by atoms with van der Waals surface area (Å²) in [4.78, 5) is 16.2. The highest BCUT2D eigenvalue weighted by molar-refractivity contribution is 9.08. The first-order valence-electron chi connectivity index (χ1n) is 13.4. The number of halogens is 1. The number of hydrogen-bond acceptors (Lipinski definition) is 4. The number of ketones is 1. The summed E-state index contributed by atoms with van der Waals surface area (Å²) in [5.41, 5.74) is 3.66. The Kier molecular flexibility index (Phi) is 9.31. The van der Waals surface area contributed by atoms with Gasteiger partial charge in [0.2, 0.25) is 5.62 Å². The van der Waals surface area contributed by atoms with Gasteiger partial charge in [-0.25, -0.2) is 0 Å². The number of phenols is 1. The van der Waals surface area contributed by atoms with E-state index in [-0.39, 0.29) is 23.2 Å². The van der Waals surface area contributed by atoms with E-state index in [1.54, 1.807) is 0 Å². The molecule has 1 aliphatic heterocycles. The van der Waals surface area contributed by atoms with Crippen LogP contribution in [0.5, 0.6) is 5.75 Å². The highest BCUT2D eigenvalue weighted by Crippen LogP contribution is 2.39. The molecule has 1 saturated heterocycles. The van der Waals surface area contributed by atoms with Crippen LogP contribution in [-0.4, -0.2) is 44.6 Å². The van der Waals surface area contributed by atoms with Crippen molar-refractivity contribution >= 4 is 21.9 Å². The molecule has 7 heteroatoms. The topological polar surface area (TPSA) is 62.8 Å². The van der Waals surface area contributed by atoms with Gasteiger partial charge in [-0.15, -0.1) is 0 Å². The van der Waals surface area contributed by atoms with Crippen LogP contribution in [0.3, 0.4) is 0 Å². The molecular weight excluding hydrogens is 516 g/mol. The fourth-order valence-corrected chi connectivity index (χ4v) is 5.51. The summed E-state index contributed by atoms with van der Waals surface area (Å²) in [5, 5.41) is 11.1. The Labute approximate surface area is 225 Å². The Bertz CT molecular complexity index is 1090. The average molecular weight is 562 g/mol. The highest BCUT2D eigenvalue weighted by atomic mass is 79.9. The smallest absolute Gasteiger partial charge is 0.217 e. The molecule has 0 aliphatic carbocycles. The number of likely N-dealkylation sites (tertiary alicyclic amines) is 1. The first-order valence-corrected chi connectivity index (χ1v) is 14.1. The molecule has 0 saturated carbocycles. The van der Waals surface area contributed by atoms with E-state index in [0.717, 1.165) is 55.8 Å². The molecule has 0 atom stereocenters. The molecule has 1 aromatic carbocycles. The molecule has 2 aromatic rings. The number of aromatic nitrogens is 2. The third-order valence-electron chi connectivity index (χ3n) is 7.18. The van der Waals surface area contributed by atoms with E-state index in [4.69, 9.17) is 0 Å². The van der Waals surface area contributed by atoms with Gasteiger partial charge in [-0.05, 0) is 55.3 Å². The minimum absolute atomic E-state index is 0.0182. The van der Waals surface area contributed by atoms with Crippen molar-refractivity contribution in [3.63, 3.8) is 0 Å². The number of carbonyl (C=O) groups is 1. The standard InChI is InChI=1S/C29H45BrN4O2/c1-8-12-22-19-33(27(31-30)34(22)16-15-32-13-10-9-11-14-32)20-25(35)21-17-23(28(2,3)4)26(36)24(18-21)29(5,6)7/h17-19,36H,8-16,20H2,1-7H3. The first kappa shape index (κ1) is 28.7. The van der Waals surface area contributed by atoms with Gasteiger partial charge in [0.15, 0.2) is 5.78 Å². The molecule has 2 heterocycles. The van der Waals surface area contributed by atoms with Gasteiger partial charge in [0.1, 0.15) is 5.75 Å². The van der Waals surface area contributed by atoms with E-state index in [1.807, 2.05) is 16.7 Å². The van der Waals surface area contributed by atoms with Gasteiger partial charge in [-0.1, -0.05) is 61.3 Å². The molecule has 3 rings (SSSR count). The number of imidazole rings is 1. The van der Waals surface area contributed by atoms with Gasteiger partial charge in [0.05, 0.1) is 22.7 Å². The lowest BCUT2D eigenvalue weighted by Crippen LogP contribution is -2.36. The van der Waals surface area contributed by atoms with Crippen molar-refractivity contribution in [1.29, 1.82) is 0 Å². The maximum absolute atomic E-state index is 13.7. The molecule has 0 spiro atoms. The van der Waals surface area contributed by atoms with Gasteiger partial charge < -0.3 is 19.1 Å². The van der Waals surface area contributed by atoms with Crippen molar-refractivity contribution in [2.75, 3.05) is 19.6 Å². The number of aromatic hydroxyl groups is 1. The largest absolute Gasteiger partial charge is 0.507 e. The van der Waals surface area contributed by atoms with E-state index < -0.39 is 0 Å². The zero-order valence-corrected chi connectivity index (χ0v) is 24.9. The van der Waals surface area contributed by atoms with Gasteiger partial charge in [0, 0.05) is 41.7 Å². The lowest BCUT2D eigenvalue weighted by atomic mass is 9.78. The normalized spacial score (nSPS) is 16.1. The number of piperidine rings is 1. The van der Waals surface area contributed by atoms with Gasteiger partial charge in [0.25, 0.3) is 0 Å². The Balaban J connectivity index is 1.96. The number of nitrogens with zero attached hydrogens (tertiary/aromatic N) is 4. The van der Waals surface area contributed by atoms with Crippen LogP contribution in [0.15, 0.2) is 22.3 Å². The Morgan fingerprint density at radius 2 is 1.58 bits per heavy atom. The number of benzene rings is 1. The Hall–Kier alpha value is -1.86. The summed E-state index contributed by atoms with van der Waals surface area (Å²) in [5.74, 6) is 0.314. The lowest BCUT2D eigenvalue weighted by molar-refractivity contribution is 0.0970. The predicted molar refractivity (Wildman–Crippen MR) is 151 cm³/mol. The van der Waals surface area contributed by atoms with Crippen molar-refractivity contribution in [1.82, 2.24) is 14.0 Å². The Morgan fingerprint density at radius 3 is 2.08 bits per heavy atom. The van der Waals surface area contributed by atoms with Crippen molar-refractivity contribution in [3.05, 3.63) is 46.3 Å². The van der Waals surface area contributed by atoms with E-state index in [1.165, 1.54) is 25.0 Å². The summed E-state index contributed by atoms with van der Waals surface area (Å²) < 4.78 is 8.67. The number of Topliss-reactive ketones (excluding diaryl/α,β-unsaturated/α-hetero) is 1. The second-order valence-corrected chi connectivity index (χ2v) is 12.6. The quantitative estimate of drug-likeness (QED) is 0.395. The lowest BCUT2D eigenvalue weighted by Gasteiger charge is -2.28. The summed E-state index contributed by atoms with van der Waals surface area (Å²) in [6, 6.07) is 3.75. The zero-order chi connectivity index (χ0) is 26.7. The fraction of sp³-hybridized carbons (Fsp3) is 0.655. The van der Waals surface area contributed by atoms with Crippen LogP contribution in [0.25, 0.3) is 0 Å². The number of rotatable bonds is 8. The average Bonchev–Trinajstić information content (AvgIpc) is 3.12. The number of phenolic OH excluding ortho intramolecular Hbond substituents is 1. The zero-order valence-electron chi connectivity index (χ0n) is 23.3. The molecular formula is C29H45BrN4O2. The molecule has 1 N–H and O–H groups in total. The monoisotopic (exact) mass is 560 g/mol. The van der Waals surface area contributed by atoms with Gasteiger partial charge in [-0.2, -0.15) is 4.02 Å². The van der Waals surface area contributed by atoms with Crippen LogP contribution in [0, 0.1) is 0 Å². The van der Waals surface area contributed by atoms with Crippen LogP contribution in [0.2, 0.25) is 0 Å². The SMILES string of the molecule is CCCc1cn(CC(=O)c2cc(C(C)(C)C)c(O)c(C(C)(C)C)c2)c(=NBr)n1CCN1CCCCC1. The molecule has 200 valence electrons. The van der Waals surface area contributed by atoms with E-state index in [9.17, 15) is 9.90 Å². The third-order valence-corrected chi connectivity index (χ3v) is 7.50. The molecule has 1 fully saturated rings. The predicted octanol–water partition coefficient (Wildman–Crippen LogP) is 6.12. The van der Waals surface area contributed by atoms with Crippen LogP contribution < -0.4 is 5.62 Å². The van der Waals surface area contributed by atoms with Crippen LogP contribution in [0.1, 0.15) is 101 Å². The summed E-state index contributed by atoms with van der Waals surface area (Å²) in [6.07, 6.45) is 7.95. The molecule has 0 unspecified atom stereocenters. The first-order chi connectivity index (χ1) is 16.9. The second-order valence-electron chi connectivity index (χ2n) is 12.3. The summed E-state index contributed by atoms with van der Waals surface area (Å²) >= 11 is 3.35. The van der Waals surface area contributed by atoms with Crippen molar-refractivity contribution in [3.8, 4) is 5.75 Å². The molecule has 0 bridgehead atoms. The maximum Gasteiger partial charge on any atom is 0.217 e. The van der Waals surface area contributed by atoms with Gasteiger partial charge in [-0.3, -0.25) is 4.79 Å². The molecule has 0 radical (unpaired) electrons. The number of carbonyl (C=O) groups excluding carboxylic acids is 1. The highest BCUT2D eigenvalue weighted by Gasteiger charge is 2.28. The van der Waals surface area contributed by atoms with Gasteiger partial charge >= 0.3 is 0 Å². The molecule has 0 amide bonds. The minimum atomic E-state index is -0.282. The Morgan fingerprint density at radius 1 is 1.00 bits per heavy atom. The number of aryl methyl sites for hydroxylation is 1. The van der Waals surface area contributed by atoms with E-state index >= 15 is 0 Å². The van der Waals surface area contributed by atoms with E-state index in [0.29, 0.717) is 11.3 Å². The maximum atomic E-state index is 13.7. The van der Waals surface area contributed by atoms with Crippen LogP contribution >= 0.6 is 16.1 Å². The fourth-order valence-electron chi connectivity index (χ4n) is 5.11. The third kappa shape index (κ3) is 6.71. The molecule has 1 aliphatic rings. The van der Waals surface area contributed by atoms with Crippen LogP contribution in [0.4, 0.5) is 0 Å². The summed E-state index contributed by atoms with van der Waals surface area (Å²) in [7, 11) is 0. The molecule has 1 aromatic heterocycles. The number of hydrogen-bond donors (Lipinski definition) is 1. The minimum Gasteiger partial charge on any atom is -0.507 e.